The normalized spacial score (nSPS) is 10.8. The maximum Gasteiger partial charge on any atom is 0.195 e. The first-order chi connectivity index (χ1) is 11.3. The second-order valence-electron chi connectivity index (χ2n) is 5.89. The minimum absolute atomic E-state index is 0.0365. The number of carbonyl (C=O) groups excluding carboxylic acids is 1. The third kappa shape index (κ3) is 3.48. The quantitative estimate of drug-likeness (QED) is 0.463. The number of unbranched alkanes of at least 4 members (excludes halogenated alkanes) is 2. The van der Waals surface area contributed by atoms with Crippen LogP contribution in [0.1, 0.15) is 47.7 Å². The minimum Gasteiger partial charge on any atom is -0.289 e. The number of ketones is 1. The molecule has 0 amide bonds. The van der Waals surface area contributed by atoms with Crippen molar-refractivity contribution in [1.82, 2.24) is 4.98 Å². The molecule has 0 atom stereocenters. The molecule has 0 fully saturated rings. The van der Waals surface area contributed by atoms with Gasteiger partial charge in [0.1, 0.15) is 0 Å². The Labute approximate surface area is 137 Å². The van der Waals surface area contributed by atoms with E-state index < -0.39 is 0 Å². The van der Waals surface area contributed by atoms with E-state index in [0.717, 1.165) is 22.8 Å². The lowest BCUT2D eigenvalue weighted by Gasteiger charge is -2.06. The van der Waals surface area contributed by atoms with Crippen LogP contribution in [0.25, 0.3) is 10.8 Å². The molecule has 0 bridgehead atoms. The van der Waals surface area contributed by atoms with Crippen molar-refractivity contribution >= 4 is 16.6 Å². The number of carbonyl (C=O) groups is 1. The molecule has 2 aromatic carbocycles. The number of fused-ring (bicyclic) bond motifs is 1. The Morgan fingerprint density at radius 3 is 2.52 bits per heavy atom. The van der Waals surface area contributed by atoms with Crippen molar-refractivity contribution in [2.45, 2.75) is 32.6 Å². The number of aryl methyl sites for hydroxylation is 1. The molecule has 3 rings (SSSR count). The van der Waals surface area contributed by atoms with Gasteiger partial charge < -0.3 is 0 Å². The maximum atomic E-state index is 12.8. The second kappa shape index (κ2) is 7.19. The molecule has 3 aromatic rings. The van der Waals surface area contributed by atoms with Crippen LogP contribution in [0.2, 0.25) is 0 Å². The summed E-state index contributed by atoms with van der Waals surface area (Å²) >= 11 is 0. The Kier molecular flexibility index (Phi) is 4.82. The highest BCUT2D eigenvalue weighted by Crippen LogP contribution is 2.20. The molecular formula is C21H21NO. The Morgan fingerprint density at radius 1 is 0.957 bits per heavy atom. The molecule has 2 heteroatoms. The van der Waals surface area contributed by atoms with Gasteiger partial charge in [0.05, 0.1) is 0 Å². The lowest BCUT2D eigenvalue weighted by atomic mass is 9.98. The van der Waals surface area contributed by atoms with Crippen LogP contribution in [-0.4, -0.2) is 10.8 Å². The number of nitrogens with zero attached hydrogens (tertiary/aromatic N) is 1. The van der Waals surface area contributed by atoms with Gasteiger partial charge in [0.25, 0.3) is 0 Å². The molecule has 0 N–H and O–H groups in total. The Morgan fingerprint density at radius 2 is 1.74 bits per heavy atom. The van der Waals surface area contributed by atoms with Gasteiger partial charge in [-0.1, -0.05) is 68.3 Å². The van der Waals surface area contributed by atoms with E-state index in [1.807, 2.05) is 36.4 Å². The summed E-state index contributed by atoms with van der Waals surface area (Å²) in [6, 6.07) is 15.9. The maximum absolute atomic E-state index is 12.8. The van der Waals surface area contributed by atoms with Gasteiger partial charge >= 0.3 is 0 Å². The van der Waals surface area contributed by atoms with Crippen molar-refractivity contribution in [2.24, 2.45) is 0 Å². The van der Waals surface area contributed by atoms with E-state index in [9.17, 15) is 4.79 Å². The van der Waals surface area contributed by atoms with Gasteiger partial charge in [-0.2, -0.15) is 0 Å². The largest absolute Gasteiger partial charge is 0.289 e. The monoisotopic (exact) mass is 303 g/mol. The van der Waals surface area contributed by atoms with Gasteiger partial charge in [-0.05, 0) is 23.8 Å². The number of hydrogen-bond donors (Lipinski definition) is 0. The van der Waals surface area contributed by atoms with Crippen LogP contribution < -0.4 is 0 Å². The van der Waals surface area contributed by atoms with E-state index >= 15 is 0 Å². The van der Waals surface area contributed by atoms with Crippen LogP contribution in [-0.2, 0) is 6.42 Å². The summed E-state index contributed by atoms with van der Waals surface area (Å²) in [4.78, 5) is 17.0. The van der Waals surface area contributed by atoms with E-state index in [4.69, 9.17) is 0 Å². The van der Waals surface area contributed by atoms with Crippen molar-refractivity contribution in [2.75, 3.05) is 0 Å². The van der Waals surface area contributed by atoms with Gasteiger partial charge in [0.15, 0.2) is 5.78 Å². The fourth-order valence-electron chi connectivity index (χ4n) is 2.85. The van der Waals surface area contributed by atoms with E-state index in [2.05, 4.69) is 24.0 Å². The molecule has 23 heavy (non-hydrogen) atoms. The second-order valence-corrected chi connectivity index (χ2v) is 5.89. The predicted octanol–water partition coefficient (Wildman–Crippen LogP) is 5.20. The zero-order valence-corrected chi connectivity index (χ0v) is 13.5. The Bertz CT molecular complexity index is 800. The molecule has 2 nitrogen and oxygen atoms in total. The van der Waals surface area contributed by atoms with Crippen molar-refractivity contribution in [3.05, 3.63) is 77.6 Å². The predicted molar refractivity (Wildman–Crippen MR) is 94.8 cm³/mol. The summed E-state index contributed by atoms with van der Waals surface area (Å²) in [5, 5.41) is 1.95. The highest BCUT2D eigenvalue weighted by Gasteiger charge is 2.12. The average Bonchev–Trinajstić information content (AvgIpc) is 2.61. The van der Waals surface area contributed by atoms with Crippen LogP contribution in [0.3, 0.4) is 0 Å². The summed E-state index contributed by atoms with van der Waals surface area (Å²) in [7, 11) is 0. The number of aromatic nitrogens is 1. The minimum atomic E-state index is 0.0365. The molecule has 1 aromatic heterocycles. The van der Waals surface area contributed by atoms with E-state index in [1.165, 1.54) is 24.8 Å². The SMILES string of the molecule is CCCCCc1ccc(C(=O)c2cncc3ccccc23)cc1. The molecule has 116 valence electrons. The summed E-state index contributed by atoms with van der Waals surface area (Å²) in [6.07, 6.45) is 8.23. The fourth-order valence-corrected chi connectivity index (χ4v) is 2.85. The zero-order valence-electron chi connectivity index (χ0n) is 13.5. The average molecular weight is 303 g/mol. The third-order valence-corrected chi connectivity index (χ3v) is 4.20. The molecular weight excluding hydrogens is 282 g/mol. The first-order valence-corrected chi connectivity index (χ1v) is 8.26. The molecule has 0 saturated heterocycles. The molecule has 1 heterocycles. The Hall–Kier alpha value is -2.48. The molecule has 0 aliphatic carbocycles. The molecule has 0 unspecified atom stereocenters. The smallest absolute Gasteiger partial charge is 0.195 e. The lowest BCUT2D eigenvalue weighted by molar-refractivity contribution is 0.104. The number of benzene rings is 2. The third-order valence-electron chi connectivity index (χ3n) is 4.20. The Balaban J connectivity index is 1.85. The summed E-state index contributed by atoms with van der Waals surface area (Å²) in [5.41, 5.74) is 2.69. The van der Waals surface area contributed by atoms with Gasteiger partial charge in [-0.25, -0.2) is 0 Å². The van der Waals surface area contributed by atoms with Crippen molar-refractivity contribution < 1.29 is 4.79 Å². The van der Waals surface area contributed by atoms with Gasteiger partial charge in [0, 0.05) is 28.9 Å². The number of pyridine rings is 1. The van der Waals surface area contributed by atoms with E-state index in [1.54, 1.807) is 12.4 Å². The first kappa shape index (κ1) is 15.4. The molecule has 0 radical (unpaired) electrons. The molecule has 0 spiro atoms. The van der Waals surface area contributed by atoms with Crippen LogP contribution >= 0.6 is 0 Å². The van der Waals surface area contributed by atoms with Gasteiger partial charge in [0.2, 0.25) is 0 Å². The number of hydrogen-bond acceptors (Lipinski definition) is 2. The highest BCUT2D eigenvalue weighted by molar-refractivity contribution is 6.16. The molecule has 0 aliphatic rings. The summed E-state index contributed by atoms with van der Waals surface area (Å²) in [5.74, 6) is 0.0365. The van der Waals surface area contributed by atoms with Crippen LogP contribution in [0.4, 0.5) is 0 Å². The zero-order chi connectivity index (χ0) is 16.1. The lowest BCUT2D eigenvalue weighted by Crippen LogP contribution is -2.03. The standard InChI is InChI=1S/C21H21NO/c1-2-3-4-7-16-10-12-17(13-11-16)21(23)20-15-22-14-18-8-5-6-9-19(18)20/h5-6,8-15H,2-4,7H2,1H3. The first-order valence-electron chi connectivity index (χ1n) is 8.26. The molecule has 0 saturated carbocycles. The van der Waals surface area contributed by atoms with Crippen molar-refractivity contribution in [1.29, 1.82) is 0 Å². The summed E-state index contributed by atoms with van der Waals surface area (Å²) in [6.45, 7) is 2.21. The van der Waals surface area contributed by atoms with Crippen LogP contribution in [0.15, 0.2) is 60.9 Å². The molecule has 0 aliphatic heterocycles. The van der Waals surface area contributed by atoms with Crippen LogP contribution in [0, 0.1) is 0 Å². The number of rotatable bonds is 6. The van der Waals surface area contributed by atoms with Gasteiger partial charge in [-0.3, -0.25) is 9.78 Å². The van der Waals surface area contributed by atoms with E-state index in [-0.39, 0.29) is 5.78 Å². The topological polar surface area (TPSA) is 30.0 Å². The van der Waals surface area contributed by atoms with Crippen molar-refractivity contribution in [3.8, 4) is 0 Å². The summed E-state index contributed by atoms with van der Waals surface area (Å²) < 4.78 is 0. The van der Waals surface area contributed by atoms with Crippen molar-refractivity contribution in [3.63, 3.8) is 0 Å². The van der Waals surface area contributed by atoms with E-state index in [0.29, 0.717) is 5.56 Å². The van der Waals surface area contributed by atoms with Gasteiger partial charge in [-0.15, -0.1) is 0 Å². The fraction of sp³-hybridized carbons (Fsp3) is 0.238. The van der Waals surface area contributed by atoms with Crippen LogP contribution in [0.5, 0.6) is 0 Å². The highest BCUT2D eigenvalue weighted by atomic mass is 16.1.